The van der Waals surface area contributed by atoms with Crippen LogP contribution in [0.15, 0.2) is 48.8 Å². The van der Waals surface area contributed by atoms with Crippen molar-refractivity contribution in [2.75, 3.05) is 6.54 Å². The molecular formula is C25H22FN5OS. The molecule has 1 atom stereocenters. The van der Waals surface area contributed by atoms with Crippen molar-refractivity contribution < 1.29 is 9.18 Å². The zero-order valence-electron chi connectivity index (χ0n) is 18.2. The second-order valence-electron chi connectivity index (χ2n) is 8.29. The van der Waals surface area contributed by atoms with E-state index in [-0.39, 0.29) is 17.8 Å². The van der Waals surface area contributed by atoms with Crippen LogP contribution in [-0.4, -0.2) is 37.8 Å². The van der Waals surface area contributed by atoms with Gasteiger partial charge in [-0.2, -0.15) is 5.26 Å². The number of carbonyl (C=O) groups is 1. The molecule has 4 aromatic rings. The topological polar surface area (TPSA) is 74.3 Å². The average Bonchev–Trinajstić information content (AvgIpc) is 3.41. The molecule has 4 heterocycles. The molecule has 0 unspecified atom stereocenters. The van der Waals surface area contributed by atoms with Gasteiger partial charge in [0.2, 0.25) is 0 Å². The number of likely N-dealkylation sites (tertiary alicyclic amines) is 1. The van der Waals surface area contributed by atoms with E-state index in [4.69, 9.17) is 5.26 Å². The van der Waals surface area contributed by atoms with Gasteiger partial charge in [-0.3, -0.25) is 4.79 Å². The van der Waals surface area contributed by atoms with E-state index in [0.717, 1.165) is 46.1 Å². The Morgan fingerprint density at radius 2 is 2.06 bits per heavy atom. The van der Waals surface area contributed by atoms with E-state index in [2.05, 4.69) is 16.0 Å². The number of aryl methyl sites for hydroxylation is 1. The van der Waals surface area contributed by atoms with Crippen LogP contribution in [0.4, 0.5) is 4.39 Å². The van der Waals surface area contributed by atoms with E-state index < -0.39 is 0 Å². The summed E-state index contributed by atoms with van der Waals surface area (Å²) in [6, 6.07) is 11.9. The summed E-state index contributed by atoms with van der Waals surface area (Å²) in [5.41, 5.74) is 3.42. The highest BCUT2D eigenvalue weighted by Crippen LogP contribution is 2.33. The van der Waals surface area contributed by atoms with Crippen molar-refractivity contribution in [1.82, 2.24) is 19.3 Å². The lowest BCUT2D eigenvalue weighted by molar-refractivity contribution is 0.0608. The Balaban J connectivity index is 1.43. The summed E-state index contributed by atoms with van der Waals surface area (Å²) in [5, 5.41) is 9.94. The Labute approximate surface area is 195 Å². The van der Waals surface area contributed by atoms with E-state index in [1.165, 1.54) is 23.5 Å². The van der Waals surface area contributed by atoms with E-state index in [0.29, 0.717) is 24.2 Å². The van der Waals surface area contributed by atoms with Gasteiger partial charge in [0.05, 0.1) is 27.2 Å². The molecule has 166 valence electrons. The molecule has 0 aliphatic carbocycles. The molecule has 0 spiro atoms. The Hall–Kier alpha value is -3.57. The molecule has 1 amide bonds. The summed E-state index contributed by atoms with van der Waals surface area (Å²) in [5.74, 6) is -0.391. The monoisotopic (exact) mass is 459 g/mol. The van der Waals surface area contributed by atoms with E-state index in [1.54, 1.807) is 24.3 Å². The molecule has 1 fully saturated rings. The Bertz CT molecular complexity index is 1370. The van der Waals surface area contributed by atoms with Crippen molar-refractivity contribution in [2.24, 2.45) is 0 Å². The van der Waals surface area contributed by atoms with Gasteiger partial charge < -0.3 is 9.30 Å². The van der Waals surface area contributed by atoms with Crippen LogP contribution in [0.2, 0.25) is 0 Å². The standard InChI is InChI=1S/C25H22FN5OS/c1-16-28-23(24(33-16)18-5-7-19(26)8-6-18)25(32)31-10-3-2-4-21(31)13-20-15-30-11-9-17(14-27)12-22(30)29-20/h5-9,11-12,15,21H,2-4,10,13H2,1H3/t21-/m0/s1. The fraction of sp³-hybridized carbons (Fsp3) is 0.280. The Morgan fingerprint density at radius 1 is 1.24 bits per heavy atom. The number of piperidine rings is 1. The van der Waals surface area contributed by atoms with Crippen LogP contribution in [0, 0.1) is 24.1 Å². The number of pyridine rings is 1. The van der Waals surface area contributed by atoms with Crippen molar-refractivity contribution in [3.63, 3.8) is 0 Å². The number of benzene rings is 1. The molecule has 1 aliphatic rings. The van der Waals surface area contributed by atoms with Crippen LogP contribution in [0.1, 0.15) is 46.0 Å². The van der Waals surface area contributed by atoms with Gasteiger partial charge >= 0.3 is 0 Å². The fourth-order valence-electron chi connectivity index (χ4n) is 4.43. The summed E-state index contributed by atoms with van der Waals surface area (Å²) in [4.78, 5) is 25.6. The number of hydrogen-bond acceptors (Lipinski definition) is 5. The highest BCUT2D eigenvalue weighted by molar-refractivity contribution is 7.15. The van der Waals surface area contributed by atoms with Crippen molar-refractivity contribution >= 4 is 22.9 Å². The molecule has 0 radical (unpaired) electrons. The lowest BCUT2D eigenvalue weighted by Crippen LogP contribution is -2.45. The number of nitriles is 1. The normalized spacial score (nSPS) is 16.2. The van der Waals surface area contributed by atoms with Crippen LogP contribution < -0.4 is 0 Å². The van der Waals surface area contributed by atoms with Crippen molar-refractivity contribution in [1.29, 1.82) is 5.26 Å². The molecule has 8 heteroatoms. The van der Waals surface area contributed by atoms with Gasteiger partial charge in [0.1, 0.15) is 17.2 Å². The van der Waals surface area contributed by atoms with Crippen LogP contribution in [0.3, 0.4) is 0 Å². The number of thiazole rings is 1. The lowest BCUT2D eigenvalue weighted by Gasteiger charge is -2.35. The van der Waals surface area contributed by atoms with E-state index >= 15 is 0 Å². The summed E-state index contributed by atoms with van der Waals surface area (Å²) in [6.45, 7) is 2.56. The average molecular weight is 460 g/mol. The second-order valence-corrected chi connectivity index (χ2v) is 9.50. The smallest absolute Gasteiger partial charge is 0.274 e. The quantitative estimate of drug-likeness (QED) is 0.430. The zero-order valence-corrected chi connectivity index (χ0v) is 19.0. The minimum Gasteiger partial charge on any atom is -0.334 e. The third-order valence-corrected chi connectivity index (χ3v) is 7.03. The van der Waals surface area contributed by atoms with Crippen molar-refractivity contribution in [3.8, 4) is 16.5 Å². The summed E-state index contributed by atoms with van der Waals surface area (Å²) in [7, 11) is 0. The largest absolute Gasteiger partial charge is 0.334 e. The molecule has 3 aromatic heterocycles. The first-order chi connectivity index (χ1) is 16.0. The molecule has 0 saturated carbocycles. The van der Waals surface area contributed by atoms with Gasteiger partial charge in [-0.1, -0.05) is 12.1 Å². The van der Waals surface area contributed by atoms with E-state index in [1.807, 2.05) is 28.6 Å². The van der Waals surface area contributed by atoms with Gasteiger partial charge in [0, 0.05) is 31.4 Å². The Morgan fingerprint density at radius 3 is 2.85 bits per heavy atom. The summed E-state index contributed by atoms with van der Waals surface area (Å²) in [6.07, 6.45) is 7.35. The van der Waals surface area contributed by atoms with Crippen molar-refractivity contribution in [3.05, 3.63) is 76.6 Å². The minimum absolute atomic E-state index is 0.0228. The molecule has 1 aromatic carbocycles. The number of nitrogens with zero attached hydrogens (tertiary/aromatic N) is 5. The number of aromatic nitrogens is 3. The molecular weight excluding hydrogens is 437 g/mol. The predicted octanol–water partition coefficient (Wildman–Crippen LogP) is 5.01. The molecule has 6 nitrogen and oxygen atoms in total. The summed E-state index contributed by atoms with van der Waals surface area (Å²) >= 11 is 1.45. The number of hydrogen-bond donors (Lipinski definition) is 0. The van der Waals surface area contributed by atoms with Crippen LogP contribution in [-0.2, 0) is 6.42 Å². The van der Waals surface area contributed by atoms with Gasteiger partial charge in [-0.15, -0.1) is 11.3 Å². The maximum atomic E-state index is 13.7. The zero-order chi connectivity index (χ0) is 22.9. The number of amides is 1. The molecule has 1 aliphatic heterocycles. The van der Waals surface area contributed by atoms with Crippen LogP contribution in [0.5, 0.6) is 0 Å². The van der Waals surface area contributed by atoms with Crippen LogP contribution >= 0.6 is 11.3 Å². The number of rotatable bonds is 4. The van der Waals surface area contributed by atoms with Gasteiger partial charge in [0.25, 0.3) is 5.91 Å². The van der Waals surface area contributed by atoms with Crippen molar-refractivity contribution in [2.45, 2.75) is 38.6 Å². The molecule has 33 heavy (non-hydrogen) atoms. The first-order valence-corrected chi connectivity index (χ1v) is 11.8. The lowest BCUT2D eigenvalue weighted by atomic mass is 9.97. The minimum atomic E-state index is -0.307. The van der Waals surface area contributed by atoms with Crippen LogP contribution in [0.25, 0.3) is 16.1 Å². The number of imidazole rings is 1. The maximum absolute atomic E-state index is 13.7. The summed E-state index contributed by atoms with van der Waals surface area (Å²) < 4.78 is 15.3. The van der Waals surface area contributed by atoms with E-state index in [9.17, 15) is 9.18 Å². The first kappa shape index (κ1) is 21.3. The Kier molecular flexibility index (Phi) is 5.65. The number of halogens is 1. The van der Waals surface area contributed by atoms with Gasteiger partial charge in [-0.05, 0) is 56.0 Å². The van der Waals surface area contributed by atoms with Gasteiger partial charge in [-0.25, -0.2) is 14.4 Å². The highest BCUT2D eigenvalue weighted by atomic mass is 32.1. The highest BCUT2D eigenvalue weighted by Gasteiger charge is 2.31. The SMILES string of the molecule is Cc1nc(C(=O)N2CCCC[C@H]2Cc2cn3ccc(C#N)cc3n2)c(-c2ccc(F)cc2)s1. The molecule has 0 bridgehead atoms. The third kappa shape index (κ3) is 4.24. The maximum Gasteiger partial charge on any atom is 0.274 e. The molecule has 0 N–H and O–H groups in total. The molecule has 5 rings (SSSR count). The van der Waals surface area contributed by atoms with Gasteiger partial charge in [0.15, 0.2) is 0 Å². The molecule has 1 saturated heterocycles. The number of fused-ring (bicyclic) bond motifs is 1. The predicted molar refractivity (Wildman–Crippen MR) is 125 cm³/mol. The second kappa shape index (κ2) is 8.75. The first-order valence-electron chi connectivity index (χ1n) is 10.9. The fourth-order valence-corrected chi connectivity index (χ4v) is 5.34. The third-order valence-electron chi connectivity index (χ3n) is 6.02. The number of carbonyl (C=O) groups excluding carboxylic acids is 1.